The molecule has 0 amide bonds. The van der Waals surface area contributed by atoms with Crippen LogP contribution in [0.3, 0.4) is 0 Å². The van der Waals surface area contributed by atoms with Gasteiger partial charge in [0, 0.05) is 67.3 Å². The van der Waals surface area contributed by atoms with E-state index in [1.54, 1.807) is 9.75 Å². The Kier molecular flexibility index (Phi) is 6.71. The predicted molar refractivity (Wildman–Crippen MR) is 127 cm³/mol. The Labute approximate surface area is 186 Å². The Morgan fingerprint density at radius 3 is 2.10 bits per heavy atom. The molecule has 3 aliphatic heterocycles. The molecule has 2 aromatic rings. The minimum absolute atomic E-state index is 0.737. The Morgan fingerprint density at radius 1 is 0.700 bits per heavy atom. The molecular formula is C25H36N4S. The average molecular weight is 425 g/mol. The minimum Gasteiger partial charge on any atom is -0.369 e. The van der Waals surface area contributed by atoms with Crippen LogP contribution in [0.25, 0.3) is 0 Å². The summed E-state index contributed by atoms with van der Waals surface area (Å²) in [7, 11) is 0. The fraction of sp³-hybridized carbons (Fsp3) is 0.600. The van der Waals surface area contributed by atoms with Gasteiger partial charge in [-0.2, -0.15) is 0 Å². The van der Waals surface area contributed by atoms with E-state index < -0.39 is 0 Å². The zero-order chi connectivity index (χ0) is 20.2. The Balaban J connectivity index is 1.11. The van der Waals surface area contributed by atoms with E-state index in [1.165, 1.54) is 77.2 Å². The maximum absolute atomic E-state index is 2.76. The van der Waals surface area contributed by atoms with E-state index in [0.29, 0.717) is 0 Å². The van der Waals surface area contributed by atoms with Crippen molar-refractivity contribution in [3.05, 3.63) is 52.2 Å². The first-order chi connectivity index (χ1) is 14.8. The molecule has 0 radical (unpaired) electrons. The topological polar surface area (TPSA) is 13.0 Å². The fourth-order valence-electron chi connectivity index (χ4n) is 5.43. The number of piperazine rings is 1. The second kappa shape index (κ2) is 9.82. The highest BCUT2D eigenvalue weighted by molar-refractivity contribution is 7.11. The van der Waals surface area contributed by atoms with Crippen LogP contribution in [0.5, 0.6) is 0 Å². The fourth-order valence-corrected chi connectivity index (χ4v) is 6.53. The molecule has 4 nitrogen and oxygen atoms in total. The number of benzene rings is 1. The van der Waals surface area contributed by atoms with Crippen molar-refractivity contribution in [3.8, 4) is 0 Å². The van der Waals surface area contributed by atoms with E-state index in [9.17, 15) is 0 Å². The molecule has 3 saturated heterocycles. The molecule has 1 aromatic carbocycles. The maximum atomic E-state index is 2.76. The molecule has 30 heavy (non-hydrogen) atoms. The number of likely N-dealkylation sites (tertiary alicyclic amines) is 2. The van der Waals surface area contributed by atoms with Gasteiger partial charge in [-0.15, -0.1) is 11.3 Å². The molecule has 0 aliphatic carbocycles. The lowest BCUT2D eigenvalue weighted by Gasteiger charge is -2.44. The number of para-hydroxylation sites is 1. The van der Waals surface area contributed by atoms with Crippen molar-refractivity contribution in [2.24, 2.45) is 0 Å². The summed E-state index contributed by atoms with van der Waals surface area (Å²) in [6, 6.07) is 16.4. The highest BCUT2D eigenvalue weighted by Crippen LogP contribution is 2.25. The van der Waals surface area contributed by atoms with Gasteiger partial charge >= 0.3 is 0 Å². The number of anilines is 1. The number of hydrogen-bond donors (Lipinski definition) is 0. The van der Waals surface area contributed by atoms with Crippen LogP contribution in [0.2, 0.25) is 0 Å². The van der Waals surface area contributed by atoms with Crippen molar-refractivity contribution in [2.45, 2.75) is 44.8 Å². The summed E-state index contributed by atoms with van der Waals surface area (Å²) in [5, 5.41) is 0. The van der Waals surface area contributed by atoms with Gasteiger partial charge in [0.05, 0.1) is 0 Å². The van der Waals surface area contributed by atoms with Gasteiger partial charge in [0.1, 0.15) is 0 Å². The molecule has 1 unspecified atom stereocenters. The van der Waals surface area contributed by atoms with Gasteiger partial charge in [0.15, 0.2) is 0 Å². The van der Waals surface area contributed by atoms with Crippen molar-refractivity contribution in [1.29, 1.82) is 0 Å². The summed E-state index contributed by atoms with van der Waals surface area (Å²) < 4.78 is 0. The third kappa shape index (κ3) is 5.08. The monoisotopic (exact) mass is 424 g/mol. The normalized spacial score (nSPS) is 24.5. The standard InChI is InChI=1S/C25H36N4S/c1-2-7-22(8-3-1)28-15-17-29(18-16-28)23-9-6-14-27(19-23)21-25-11-10-24(30-25)20-26-12-4-5-13-26/h1-3,7-8,10-11,23H,4-6,9,12-21H2. The zero-order valence-electron chi connectivity index (χ0n) is 18.2. The van der Waals surface area contributed by atoms with Crippen LogP contribution in [0, 0.1) is 0 Å². The second-order valence-electron chi connectivity index (χ2n) is 9.24. The molecule has 3 fully saturated rings. The number of nitrogens with zero attached hydrogens (tertiary/aromatic N) is 4. The van der Waals surface area contributed by atoms with E-state index in [2.05, 4.69) is 62.1 Å². The first-order valence-corrected chi connectivity index (χ1v) is 12.7. The lowest BCUT2D eigenvalue weighted by Crippen LogP contribution is -2.55. The first-order valence-electron chi connectivity index (χ1n) is 11.9. The number of piperidine rings is 1. The average Bonchev–Trinajstić information content (AvgIpc) is 3.47. The van der Waals surface area contributed by atoms with Crippen LogP contribution >= 0.6 is 11.3 Å². The Morgan fingerprint density at radius 2 is 1.37 bits per heavy atom. The summed E-state index contributed by atoms with van der Waals surface area (Å²) in [6.07, 6.45) is 5.47. The minimum atomic E-state index is 0.737. The molecule has 1 aromatic heterocycles. The molecule has 4 heterocycles. The SMILES string of the molecule is c1ccc(N2CCN(C3CCCN(Cc4ccc(CN5CCCC5)s4)C3)CC2)cc1. The second-order valence-corrected chi connectivity index (χ2v) is 10.5. The van der Waals surface area contributed by atoms with E-state index >= 15 is 0 Å². The molecule has 3 aliphatic rings. The van der Waals surface area contributed by atoms with Crippen molar-refractivity contribution in [1.82, 2.24) is 14.7 Å². The van der Waals surface area contributed by atoms with Gasteiger partial charge in [0.25, 0.3) is 0 Å². The number of hydrogen-bond acceptors (Lipinski definition) is 5. The number of rotatable bonds is 6. The van der Waals surface area contributed by atoms with Gasteiger partial charge < -0.3 is 4.90 Å². The third-order valence-electron chi connectivity index (χ3n) is 7.11. The molecule has 5 heteroatoms. The summed E-state index contributed by atoms with van der Waals surface area (Å²) in [5.74, 6) is 0. The van der Waals surface area contributed by atoms with Crippen LogP contribution in [-0.2, 0) is 13.1 Å². The molecular weight excluding hydrogens is 388 g/mol. The summed E-state index contributed by atoms with van der Waals surface area (Å²) in [4.78, 5) is 13.7. The quantitative estimate of drug-likeness (QED) is 0.691. The van der Waals surface area contributed by atoms with Crippen molar-refractivity contribution in [3.63, 3.8) is 0 Å². The van der Waals surface area contributed by atoms with Crippen LogP contribution in [0.1, 0.15) is 35.4 Å². The van der Waals surface area contributed by atoms with Crippen LogP contribution in [-0.4, -0.2) is 73.1 Å². The molecule has 0 saturated carbocycles. The van der Waals surface area contributed by atoms with Gasteiger partial charge in [-0.1, -0.05) is 18.2 Å². The molecule has 5 rings (SSSR count). The molecule has 0 bridgehead atoms. The Bertz CT molecular complexity index is 777. The van der Waals surface area contributed by atoms with Crippen molar-refractivity contribution < 1.29 is 0 Å². The van der Waals surface area contributed by atoms with Gasteiger partial charge in [-0.3, -0.25) is 14.7 Å². The van der Waals surface area contributed by atoms with E-state index in [1.807, 2.05) is 11.3 Å². The van der Waals surface area contributed by atoms with Gasteiger partial charge in [-0.25, -0.2) is 0 Å². The van der Waals surface area contributed by atoms with Crippen LogP contribution in [0.15, 0.2) is 42.5 Å². The molecule has 0 N–H and O–H groups in total. The summed E-state index contributed by atoms with van der Waals surface area (Å²) in [5.41, 5.74) is 1.38. The van der Waals surface area contributed by atoms with E-state index in [4.69, 9.17) is 0 Å². The van der Waals surface area contributed by atoms with Gasteiger partial charge in [0.2, 0.25) is 0 Å². The first kappa shape index (κ1) is 20.5. The predicted octanol–water partition coefficient (Wildman–Crippen LogP) is 4.13. The van der Waals surface area contributed by atoms with Crippen molar-refractivity contribution >= 4 is 17.0 Å². The smallest absolute Gasteiger partial charge is 0.0367 e. The zero-order valence-corrected chi connectivity index (χ0v) is 19.0. The van der Waals surface area contributed by atoms with Crippen molar-refractivity contribution in [2.75, 3.05) is 57.3 Å². The lowest BCUT2D eigenvalue weighted by molar-refractivity contribution is 0.0893. The molecule has 0 spiro atoms. The van der Waals surface area contributed by atoms with E-state index in [-0.39, 0.29) is 0 Å². The van der Waals surface area contributed by atoms with Crippen LogP contribution < -0.4 is 4.90 Å². The Hall–Kier alpha value is -1.40. The van der Waals surface area contributed by atoms with Gasteiger partial charge in [-0.05, 0) is 69.6 Å². The maximum Gasteiger partial charge on any atom is 0.0367 e. The summed E-state index contributed by atoms with van der Waals surface area (Å²) >= 11 is 2.04. The van der Waals surface area contributed by atoms with Crippen LogP contribution in [0.4, 0.5) is 5.69 Å². The molecule has 162 valence electrons. The highest BCUT2D eigenvalue weighted by atomic mass is 32.1. The molecule has 1 atom stereocenters. The summed E-state index contributed by atoms with van der Waals surface area (Å²) in [6.45, 7) is 12.1. The lowest BCUT2D eigenvalue weighted by atomic mass is 10.0. The van der Waals surface area contributed by atoms with E-state index in [0.717, 1.165) is 25.7 Å². The third-order valence-corrected chi connectivity index (χ3v) is 8.16. The highest BCUT2D eigenvalue weighted by Gasteiger charge is 2.28. The largest absolute Gasteiger partial charge is 0.369 e. The number of thiophene rings is 1.